The molecule has 2 heteroatoms. The molecule has 0 aromatic heterocycles. The number of benzene rings is 3. The second-order valence-corrected chi connectivity index (χ2v) is 5.50. The van der Waals surface area contributed by atoms with Gasteiger partial charge in [0.1, 0.15) is 0 Å². The van der Waals surface area contributed by atoms with Crippen molar-refractivity contribution < 1.29 is 4.79 Å². The van der Waals surface area contributed by atoms with Gasteiger partial charge in [-0.1, -0.05) is 54.6 Å². The first kappa shape index (κ1) is 12.4. The molecule has 0 radical (unpaired) electrons. The summed E-state index contributed by atoms with van der Waals surface area (Å²) in [4.78, 5) is 12.7. The normalized spacial score (nSPS) is 10.6. The van der Waals surface area contributed by atoms with Gasteiger partial charge in [-0.25, -0.2) is 0 Å². The summed E-state index contributed by atoms with van der Waals surface area (Å²) >= 11 is 2.21. The van der Waals surface area contributed by atoms with Crippen LogP contribution in [-0.2, 0) is 0 Å². The predicted molar refractivity (Wildman–Crippen MR) is 86.5 cm³/mol. The third-order valence-electron chi connectivity index (χ3n) is 3.15. The van der Waals surface area contributed by atoms with Crippen LogP contribution in [0.4, 0.5) is 0 Å². The van der Waals surface area contributed by atoms with Crippen LogP contribution < -0.4 is 0 Å². The molecule has 3 aromatic carbocycles. The Kier molecular flexibility index (Phi) is 3.34. The van der Waals surface area contributed by atoms with Crippen molar-refractivity contribution in [3.8, 4) is 0 Å². The zero-order chi connectivity index (χ0) is 13.2. The van der Waals surface area contributed by atoms with Crippen LogP contribution in [0.25, 0.3) is 10.8 Å². The average Bonchev–Trinajstić information content (AvgIpc) is 2.46. The number of halogens is 1. The van der Waals surface area contributed by atoms with Crippen LogP contribution in [0, 0.1) is 3.57 Å². The van der Waals surface area contributed by atoms with Gasteiger partial charge < -0.3 is 0 Å². The summed E-state index contributed by atoms with van der Waals surface area (Å²) in [5.74, 6) is 0.0850. The lowest BCUT2D eigenvalue weighted by molar-refractivity contribution is 0.103. The molecule has 3 aromatic rings. The fraction of sp³-hybridized carbons (Fsp3) is 0. The Labute approximate surface area is 125 Å². The van der Waals surface area contributed by atoms with E-state index in [4.69, 9.17) is 0 Å². The summed E-state index contributed by atoms with van der Waals surface area (Å²) in [6.45, 7) is 0. The van der Waals surface area contributed by atoms with E-state index in [2.05, 4.69) is 22.6 Å². The molecule has 19 heavy (non-hydrogen) atoms. The summed E-state index contributed by atoms with van der Waals surface area (Å²) in [6, 6.07) is 21.5. The summed E-state index contributed by atoms with van der Waals surface area (Å²) in [7, 11) is 0. The Balaban J connectivity index is 2.20. The van der Waals surface area contributed by atoms with E-state index in [-0.39, 0.29) is 5.78 Å². The van der Waals surface area contributed by atoms with E-state index in [1.54, 1.807) is 0 Å². The minimum atomic E-state index is 0.0850. The summed E-state index contributed by atoms with van der Waals surface area (Å²) in [5, 5.41) is 2.11. The monoisotopic (exact) mass is 358 g/mol. The van der Waals surface area contributed by atoms with Crippen LogP contribution in [0.3, 0.4) is 0 Å². The lowest BCUT2D eigenvalue weighted by Crippen LogP contribution is -2.04. The summed E-state index contributed by atoms with van der Waals surface area (Å²) in [5.41, 5.74) is 1.53. The topological polar surface area (TPSA) is 17.1 Å². The van der Waals surface area contributed by atoms with Gasteiger partial charge >= 0.3 is 0 Å². The molecular formula is C17H11IO. The largest absolute Gasteiger partial charge is 0.289 e. The van der Waals surface area contributed by atoms with Crippen molar-refractivity contribution in [2.24, 2.45) is 0 Å². The van der Waals surface area contributed by atoms with Crippen molar-refractivity contribution in [2.75, 3.05) is 0 Å². The van der Waals surface area contributed by atoms with E-state index >= 15 is 0 Å². The van der Waals surface area contributed by atoms with Crippen molar-refractivity contribution in [1.29, 1.82) is 0 Å². The molecule has 3 rings (SSSR count). The molecule has 0 atom stereocenters. The lowest BCUT2D eigenvalue weighted by Gasteiger charge is -2.07. The van der Waals surface area contributed by atoms with E-state index in [1.807, 2.05) is 66.7 Å². The predicted octanol–water partition coefficient (Wildman–Crippen LogP) is 4.68. The van der Waals surface area contributed by atoms with Gasteiger partial charge in [-0.05, 0) is 45.5 Å². The number of hydrogen-bond donors (Lipinski definition) is 0. The highest BCUT2D eigenvalue weighted by Gasteiger charge is 2.14. The smallest absolute Gasteiger partial charge is 0.194 e. The van der Waals surface area contributed by atoms with Crippen LogP contribution in [-0.4, -0.2) is 5.78 Å². The van der Waals surface area contributed by atoms with E-state index in [0.29, 0.717) is 0 Å². The van der Waals surface area contributed by atoms with Crippen LogP contribution in [0.2, 0.25) is 0 Å². The quantitative estimate of drug-likeness (QED) is 0.480. The molecule has 0 fully saturated rings. The van der Waals surface area contributed by atoms with Crippen molar-refractivity contribution in [3.05, 3.63) is 81.4 Å². The highest BCUT2D eigenvalue weighted by molar-refractivity contribution is 14.1. The van der Waals surface area contributed by atoms with Gasteiger partial charge in [-0.2, -0.15) is 0 Å². The average molecular weight is 358 g/mol. The molecule has 0 saturated heterocycles. The van der Waals surface area contributed by atoms with Gasteiger partial charge in [0.2, 0.25) is 0 Å². The number of hydrogen-bond acceptors (Lipinski definition) is 1. The van der Waals surface area contributed by atoms with Crippen LogP contribution in [0.1, 0.15) is 15.9 Å². The minimum Gasteiger partial charge on any atom is -0.289 e. The van der Waals surface area contributed by atoms with Gasteiger partial charge in [0.15, 0.2) is 5.78 Å². The third kappa shape index (κ3) is 2.28. The van der Waals surface area contributed by atoms with Crippen LogP contribution in [0.15, 0.2) is 66.7 Å². The van der Waals surface area contributed by atoms with Gasteiger partial charge in [0.25, 0.3) is 0 Å². The first-order valence-corrected chi connectivity index (χ1v) is 7.12. The van der Waals surface area contributed by atoms with Gasteiger partial charge in [-0.3, -0.25) is 4.79 Å². The molecule has 0 aliphatic carbocycles. The van der Waals surface area contributed by atoms with E-state index in [1.165, 1.54) is 0 Å². The lowest BCUT2D eigenvalue weighted by atomic mass is 9.97. The maximum atomic E-state index is 12.7. The molecule has 0 amide bonds. The molecule has 1 nitrogen and oxygen atoms in total. The zero-order valence-corrected chi connectivity index (χ0v) is 12.3. The molecule has 0 N–H and O–H groups in total. The van der Waals surface area contributed by atoms with Crippen molar-refractivity contribution in [3.63, 3.8) is 0 Å². The third-order valence-corrected chi connectivity index (χ3v) is 4.09. The Morgan fingerprint density at radius 3 is 2.21 bits per heavy atom. The molecule has 0 aliphatic rings. The first-order chi connectivity index (χ1) is 9.27. The molecule has 92 valence electrons. The number of carbonyl (C=O) groups is 1. The fourth-order valence-corrected chi connectivity index (χ4v) is 2.85. The van der Waals surface area contributed by atoms with Crippen molar-refractivity contribution >= 4 is 39.1 Å². The molecule has 0 heterocycles. The summed E-state index contributed by atoms with van der Waals surface area (Å²) in [6.07, 6.45) is 0. The second-order valence-electron chi connectivity index (χ2n) is 4.34. The van der Waals surface area contributed by atoms with E-state index in [9.17, 15) is 4.79 Å². The molecule has 0 unspecified atom stereocenters. The zero-order valence-electron chi connectivity index (χ0n) is 10.1. The number of carbonyl (C=O) groups excluding carboxylic acids is 1. The van der Waals surface area contributed by atoms with Crippen LogP contribution in [0.5, 0.6) is 0 Å². The number of rotatable bonds is 2. The van der Waals surface area contributed by atoms with Crippen LogP contribution >= 0.6 is 22.6 Å². The molecule has 0 bridgehead atoms. The minimum absolute atomic E-state index is 0.0850. The Morgan fingerprint density at radius 2 is 1.37 bits per heavy atom. The molecule has 0 spiro atoms. The van der Waals surface area contributed by atoms with E-state index < -0.39 is 0 Å². The fourth-order valence-electron chi connectivity index (χ4n) is 2.21. The van der Waals surface area contributed by atoms with E-state index in [0.717, 1.165) is 25.5 Å². The maximum Gasteiger partial charge on any atom is 0.194 e. The number of ketones is 1. The van der Waals surface area contributed by atoms with Gasteiger partial charge in [0, 0.05) is 14.7 Å². The molecular weight excluding hydrogens is 347 g/mol. The van der Waals surface area contributed by atoms with Gasteiger partial charge in [0.05, 0.1) is 0 Å². The highest BCUT2D eigenvalue weighted by Crippen LogP contribution is 2.23. The molecule has 0 saturated carbocycles. The Morgan fingerprint density at radius 1 is 0.737 bits per heavy atom. The second kappa shape index (κ2) is 5.13. The maximum absolute atomic E-state index is 12.7. The van der Waals surface area contributed by atoms with Crippen molar-refractivity contribution in [1.82, 2.24) is 0 Å². The Hall–Kier alpha value is -1.68. The Bertz CT molecular complexity index is 757. The standard InChI is InChI=1S/C17H11IO/c18-16-11-4-3-9-15(16)17(19)14-10-5-7-12-6-1-2-8-13(12)14/h1-11H. The first-order valence-electron chi connectivity index (χ1n) is 6.04. The molecule has 0 aliphatic heterocycles. The van der Waals surface area contributed by atoms with Crippen molar-refractivity contribution in [2.45, 2.75) is 0 Å². The highest BCUT2D eigenvalue weighted by atomic mass is 127. The van der Waals surface area contributed by atoms with Gasteiger partial charge in [-0.15, -0.1) is 0 Å². The summed E-state index contributed by atoms with van der Waals surface area (Å²) < 4.78 is 0.984. The number of fused-ring (bicyclic) bond motifs is 1. The SMILES string of the molecule is O=C(c1ccccc1I)c1cccc2ccccc12.